The Kier molecular flexibility index (Phi) is 3.72. The number of amides is 1. The van der Waals surface area contributed by atoms with E-state index in [2.05, 4.69) is 26.2 Å². The van der Waals surface area contributed by atoms with Gasteiger partial charge in [-0.25, -0.2) is 0 Å². The van der Waals surface area contributed by atoms with Crippen LogP contribution in [0.2, 0.25) is 0 Å². The number of fused-ring (bicyclic) bond motifs is 1. The number of nitrogens with one attached hydrogen (secondary N) is 1. The summed E-state index contributed by atoms with van der Waals surface area (Å²) in [6.07, 6.45) is 0. The minimum atomic E-state index is -0.449. The smallest absolute Gasteiger partial charge is 0.278 e. The number of para-hydroxylation sites is 1. The van der Waals surface area contributed by atoms with E-state index in [-0.39, 0.29) is 18.1 Å². The molecule has 1 amide bonds. The van der Waals surface area contributed by atoms with Gasteiger partial charge < -0.3 is 5.32 Å². The molecule has 0 saturated heterocycles. The number of nitro benzene ring substituents is 1. The molecule has 2 aromatic carbocycles. The average molecular weight is 360 g/mol. The van der Waals surface area contributed by atoms with Gasteiger partial charge in [0.25, 0.3) is 5.69 Å². The van der Waals surface area contributed by atoms with Gasteiger partial charge in [-0.3, -0.25) is 19.9 Å². The van der Waals surface area contributed by atoms with Gasteiger partial charge in [0.2, 0.25) is 5.91 Å². The van der Waals surface area contributed by atoms with Crippen molar-refractivity contribution in [3.8, 4) is 0 Å². The summed E-state index contributed by atoms with van der Waals surface area (Å²) >= 11 is 3.38. The zero-order chi connectivity index (χ0) is 15.7. The molecule has 110 valence electrons. The molecule has 6 nitrogen and oxygen atoms in total. The third-order valence-corrected chi connectivity index (χ3v) is 3.74. The van der Waals surface area contributed by atoms with Crippen LogP contribution in [0.1, 0.15) is 11.1 Å². The fourth-order valence-electron chi connectivity index (χ4n) is 2.31. The zero-order valence-electron chi connectivity index (χ0n) is 11.2. The standard InChI is InChI=1S/C15H10BrN3O3/c16-9-5-6-12-11(7-9)15(17-8-14(20)18-12)10-3-1-2-4-13(10)19(21)22/h1-7H,8H2,(H,18,20). The summed E-state index contributed by atoms with van der Waals surface area (Å²) in [5.74, 6) is -0.253. The molecule has 1 heterocycles. The van der Waals surface area contributed by atoms with Crippen LogP contribution in [0.25, 0.3) is 0 Å². The number of carbonyl (C=O) groups is 1. The number of nitrogens with zero attached hydrogens (tertiary/aromatic N) is 2. The molecule has 0 spiro atoms. The van der Waals surface area contributed by atoms with E-state index in [1.54, 1.807) is 36.4 Å². The molecule has 1 aliphatic rings. The second-order valence-electron chi connectivity index (χ2n) is 4.68. The Bertz CT molecular complexity index is 817. The van der Waals surface area contributed by atoms with E-state index in [1.807, 2.05) is 0 Å². The van der Waals surface area contributed by atoms with E-state index >= 15 is 0 Å². The van der Waals surface area contributed by atoms with Crippen molar-refractivity contribution in [1.82, 2.24) is 0 Å². The lowest BCUT2D eigenvalue weighted by molar-refractivity contribution is -0.385. The molecule has 0 fully saturated rings. The lowest BCUT2D eigenvalue weighted by Gasteiger charge is -2.10. The lowest BCUT2D eigenvalue weighted by atomic mass is 9.99. The first-order valence-corrected chi connectivity index (χ1v) is 7.23. The van der Waals surface area contributed by atoms with Crippen LogP contribution in [0.3, 0.4) is 0 Å². The summed E-state index contributed by atoms with van der Waals surface area (Å²) in [5.41, 5.74) is 2.02. The molecular weight excluding hydrogens is 350 g/mol. The van der Waals surface area contributed by atoms with Crippen molar-refractivity contribution in [3.63, 3.8) is 0 Å². The first-order chi connectivity index (χ1) is 10.6. The van der Waals surface area contributed by atoms with E-state index < -0.39 is 4.92 Å². The van der Waals surface area contributed by atoms with Crippen LogP contribution in [0.5, 0.6) is 0 Å². The summed E-state index contributed by atoms with van der Waals surface area (Å²) in [7, 11) is 0. The summed E-state index contributed by atoms with van der Waals surface area (Å²) < 4.78 is 0.800. The third-order valence-electron chi connectivity index (χ3n) is 3.25. The summed E-state index contributed by atoms with van der Waals surface area (Å²) in [4.78, 5) is 26.8. The van der Waals surface area contributed by atoms with Crippen molar-refractivity contribution in [2.75, 3.05) is 11.9 Å². The predicted octanol–water partition coefficient (Wildman–Crippen LogP) is 3.15. The van der Waals surface area contributed by atoms with Crippen LogP contribution in [0.4, 0.5) is 11.4 Å². The van der Waals surface area contributed by atoms with Gasteiger partial charge in [0.05, 0.1) is 21.9 Å². The Labute approximate surface area is 134 Å². The minimum Gasteiger partial charge on any atom is -0.324 e. The Hall–Kier alpha value is -2.54. The van der Waals surface area contributed by atoms with Crippen molar-refractivity contribution in [2.45, 2.75) is 0 Å². The van der Waals surface area contributed by atoms with Gasteiger partial charge >= 0.3 is 0 Å². The molecule has 0 bridgehead atoms. The number of hydrogen-bond acceptors (Lipinski definition) is 4. The Morgan fingerprint density at radius 2 is 1.95 bits per heavy atom. The number of nitro groups is 1. The summed E-state index contributed by atoms with van der Waals surface area (Å²) in [6, 6.07) is 11.7. The number of halogens is 1. The molecule has 7 heteroatoms. The highest BCUT2D eigenvalue weighted by atomic mass is 79.9. The number of anilines is 1. The largest absolute Gasteiger partial charge is 0.324 e. The van der Waals surface area contributed by atoms with Gasteiger partial charge in [0.1, 0.15) is 6.54 Å². The fourth-order valence-corrected chi connectivity index (χ4v) is 2.67. The van der Waals surface area contributed by atoms with Crippen molar-refractivity contribution >= 4 is 38.9 Å². The number of carbonyl (C=O) groups excluding carboxylic acids is 1. The van der Waals surface area contributed by atoms with Crippen LogP contribution in [-0.2, 0) is 4.79 Å². The molecule has 0 unspecified atom stereocenters. The molecule has 0 aliphatic carbocycles. The van der Waals surface area contributed by atoms with E-state index in [0.717, 1.165) is 4.47 Å². The highest BCUT2D eigenvalue weighted by Crippen LogP contribution is 2.29. The average Bonchev–Trinajstić information content (AvgIpc) is 2.65. The molecular formula is C15H10BrN3O3. The number of benzene rings is 2. The SMILES string of the molecule is O=C1CN=C(c2ccccc2[N+](=O)[O-])c2cc(Br)ccc2N1. The highest BCUT2D eigenvalue weighted by molar-refractivity contribution is 9.10. The van der Waals surface area contributed by atoms with Gasteiger partial charge in [-0.1, -0.05) is 28.1 Å². The van der Waals surface area contributed by atoms with Crippen molar-refractivity contribution < 1.29 is 9.72 Å². The Morgan fingerprint density at radius 3 is 2.73 bits per heavy atom. The minimum absolute atomic E-state index is 0.0403. The first-order valence-electron chi connectivity index (χ1n) is 6.44. The molecule has 2 aromatic rings. The second kappa shape index (κ2) is 5.69. The van der Waals surface area contributed by atoms with Crippen LogP contribution in [0, 0.1) is 10.1 Å². The number of benzodiazepines with no additional fused rings is 1. The van der Waals surface area contributed by atoms with Crippen molar-refractivity contribution in [2.24, 2.45) is 4.99 Å². The fraction of sp³-hybridized carbons (Fsp3) is 0.0667. The Morgan fingerprint density at radius 1 is 1.18 bits per heavy atom. The third kappa shape index (κ3) is 2.62. The zero-order valence-corrected chi connectivity index (χ0v) is 12.8. The highest BCUT2D eigenvalue weighted by Gasteiger charge is 2.24. The molecule has 0 radical (unpaired) electrons. The van der Waals surface area contributed by atoms with Gasteiger partial charge in [-0.05, 0) is 24.3 Å². The Balaban J connectivity index is 2.25. The van der Waals surface area contributed by atoms with Crippen LogP contribution < -0.4 is 5.32 Å². The maximum absolute atomic E-state index is 11.8. The topological polar surface area (TPSA) is 84.6 Å². The van der Waals surface area contributed by atoms with Gasteiger partial charge in [0.15, 0.2) is 0 Å². The van der Waals surface area contributed by atoms with E-state index in [1.165, 1.54) is 6.07 Å². The van der Waals surface area contributed by atoms with E-state index in [4.69, 9.17) is 0 Å². The van der Waals surface area contributed by atoms with Gasteiger partial charge in [-0.15, -0.1) is 0 Å². The number of aliphatic imine (C=N–C) groups is 1. The molecule has 22 heavy (non-hydrogen) atoms. The summed E-state index contributed by atoms with van der Waals surface area (Å²) in [5, 5.41) is 14.0. The molecule has 0 saturated carbocycles. The summed E-state index contributed by atoms with van der Waals surface area (Å²) in [6.45, 7) is -0.0757. The molecule has 1 N–H and O–H groups in total. The normalized spacial score (nSPS) is 13.7. The molecule has 3 rings (SSSR count). The first kappa shape index (κ1) is 14.4. The van der Waals surface area contributed by atoms with E-state index in [0.29, 0.717) is 22.5 Å². The van der Waals surface area contributed by atoms with Gasteiger partial charge in [0, 0.05) is 16.1 Å². The van der Waals surface area contributed by atoms with Crippen molar-refractivity contribution in [1.29, 1.82) is 0 Å². The maximum atomic E-state index is 11.8. The van der Waals surface area contributed by atoms with Crippen LogP contribution in [-0.4, -0.2) is 23.1 Å². The predicted molar refractivity (Wildman–Crippen MR) is 86.4 cm³/mol. The molecule has 0 aromatic heterocycles. The monoisotopic (exact) mass is 359 g/mol. The van der Waals surface area contributed by atoms with Crippen molar-refractivity contribution in [3.05, 3.63) is 68.2 Å². The number of hydrogen-bond donors (Lipinski definition) is 1. The maximum Gasteiger partial charge on any atom is 0.278 e. The van der Waals surface area contributed by atoms with Gasteiger partial charge in [-0.2, -0.15) is 0 Å². The molecule has 1 aliphatic heterocycles. The molecule has 0 atom stereocenters. The van der Waals surface area contributed by atoms with Crippen LogP contribution >= 0.6 is 15.9 Å². The van der Waals surface area contributed by atoms with Crippen LogP contribution in [0.15, 0.2) is 51.9 Å². The lowest BCUT2D eigenvalue weighted by Crippen LogP contribution is -2.13. The number of rotatable bonds is 2. The second-order valence-corrected chi connectivity index (χ2v) is 5.59. The van der Waals surface area contributed by atoms with E-state index in [9.17, 15) is 14.9 Å². The quantitative estimate of drug-likeness (QED) is 0.660.